The molecule has 42 heavy (non-hydrogen) atoms. The molecule has 2 saturated carbocycles. The number of hydrogen-bond donors (Lipinski definition) is 0. The molecule has 6 unspecified atom stereocenters. The highest BCUT2D eigenvalue weighted by Gasteiger charge is 2.75. The van der Waals surface area contributed by atoms with Gasteiger partial charge in [-0.2, -0.15) is 21.6 Å². The van der Waals surface area contributed by atoms with Gasteiger partial charge in [0.1, 0.15) is 5.75 Å². The Hall–Kier alpha value is -2.44. The van der Waals surface area contributed by atoms with E-state index in [1.54, 1.807) is 12.1 Å². The van der Waals surface area contributed by atoms with E-state index in [1.807, 2.05) is 27.0 Å². The van der Waals surface area contributed by atoms with Gasteiger partial charge >= 0.3 is 15.6 Å². The van der Waals surface area contributed by atoms with E-state index in [0.29, 0.717) is 18.3 Å². The van der Waals surface area contributed by atoms with Gasteiger partial charge in [0.2, 0.25) is 5.95 Å². The van der Waals surface area contributed by atoms with Gasteiger partial charge < -0.3 is 13.8 Å². The third kappa shape index (κ3) is 4.03. The third-order valence-corrected chi connectivity index (χ3v) is 11.6. The van der Waals surface area contributed by atoms with Crippen LogP contribution in [0.2, 0.25) is 0 Å². The normalized spacial score (nSPS) is 34.1. The first-order valence-electron chi connectivity index (χ1n) is 14.9. The molecule has 8 nitrogen and oxygen atoms in total. The molecule has 3 aliphatic carbocycles. The van der Waals surface area contributed by atoms with Crippen LogP contribution in [0.25, 0.3) is 0 Å². The van der Waals surface area contributed by atoms with Crippen LogP contribution < -0.4 is 9.08 Å². The molecule has 2 aromatic rings. The Morgan fingerprint density at radius 3 is 2.50 bits per heavy atom. The van der Waals surface area contributed by atoms with Crippen LogP contribution in [0, 0.1) is 25.7 Å². The predicted molar refractivity (Wildman–Crippen MR) is 150 cm³/mol. The van der Waals surface area contributed by atoms with Crippen molar-refractivity contribution < 1.29 is 30.5 Å². The minimum absolute atomic E-state index is 0.0141. The molecule has 1 aromatic carbocycles. The Balaban J connectivity index is 1.36. The van der Waals surface area contributed by atoms with E-state index in [2.05, 4.69) is 20.9 Å². The zero-order valence-electron chi connectivity index (χ0n) is 24.3. The second kappa shape index (κ2) is 9.28. The minimum atomic E-state index is -5.80. The van der Waals surface area contributed by atoms with Crippen molar-refractivity contribution in [2.75, 3.05) is 25.0 Å². The summed E-state index contributed by atoms with van der Waals surface area (Å²) in [5.74, 6) is 1.03. The number of anilines is 1. The van der Waals surface area contributed by atoms with Crippen LogP contribution in [0.3, 0.4) is 0 Å². The monoisotopic (exact) mass is 606 g/mol. The van der Waals surface area contributed by atoms with Crippen molar-refractivity contribution in [1.29, 1.82) is 0 Å². The number of halogens is 3. The van der Waals surface area contributed by atoms with Gasteiger partial charge in [-0.1, -0.05) is 6.07 Å². The zero-order chi connectivity index (χ0) is 29.8. The summed E-state index contributed by atoms with van der Waals surface area (Å²) >= 11 is 0. The Morgan fingerprint density at radius 2 is 1.83 bits per heavy atom. The summed E-state index contributed by atoms with van der Waals surface area (Å²) in [6, 6.07) is 6.79. The van der Waals surface area contributed by atoms with Gasteiger partial charge in [-0.3, -0.25) is 4.90 Å². The first-order valence-corrected chi connectivity index (χ1v) is 16.3. The SMILES string of the molecule is Cc1cc(C)nc(N(C)C2CCC34OC(C)C2C32CCN(CC3CC3)C4Cc3ccc(OS(=O)(=O)C(F)(F)F)cc32)n1. The Bertz CT molecular complexity index is 1510. The maximum atomic E-state index is 13.3. The summed E-state index contributed by atoms with van der Waals surface area (Å²) in [4.78, 5) is 14.2. The van der Waals surface area contributed by atoms with Crippen molar-refractivity contribution in [2.24, 2.45) is 11.8 Å². The number of fused-ring (bicyclic) bond motifs is 1. The largest absolute Gasteiger partial charge is 0.534 e. The lowest BCUT2D eigenvalue weighted by Crippen LogP contribution is -2.74. The second-order valence-electron chi connectivity index (χ2n) is 13.1. The number of likely N-dealkylation sites (tertiary alicyclic amines) is 1. The maximum Gasteiger partial charge on any atom is 0.534 e. The number of piperidine rings is 1. The van der Waals surface area contributed by atoms with Crippen molar-refractivity contribution in [2.45, 2.75) is 94.0 Å². The van der Waals surface area contributed by atoms with Crippen molar-refractivity contribution in [3.05, 3.63) is 46.8 Å². The molecule has 0 spiro atoms. The number of hydrogen-bond acceptors (Lipinski definition) is 8. The summed E-state index contributed by atoms with van der Waals surface area (Å²) in [6.45, 7) is 7.91. The lowest BCUT2D eigenvalue weighted by atomic mass is 9.46. The van der Waals surface area contributed by atoms with E-state index >= 15 is 0 Å². The van der Waals surface area contributed by atoms with Crippen LogP contribution in [-0.4, -0.2) is 72.7 Å². The number of benzene rings is 1. The number of aromatic nitrogens is 2. The molecule has 2 saturated heterocycles. The first kappa shape index (κ1) is 28.3. The van der Waals surface area contributed by atoms with Gasteiger partial charge in [-0.15, -0.1) is 0 Å². The van der Waals surface area contributed by atoms with Gasteiger partial charge in [-0.05, 0) is 101 Å². The van der Waals surface area contributed by atoms with Gasteiger partial charge in [0, 0.05) is 48.4 Å². The molecule has 4 fully saturated rings. The molecule has 0 amide bonds. The van der Waals surface area contributed by atoms with Crippen molar-refractivity contribution >= 4 is 16.1 Å². The zero-order valence-corrected chi connectivity index (χ0v) is 25.1. The van der Waals surface area contributed by atoms with Crippen LogP contribution in [0.4, 0.5) is 19.1 Å². The summed E-state index contributed by atoms with van der Waals surface area (Å²) in [6.07, 6.45) is 5.48. The topological polar surface area (TPSA) is 84.9 Å². The molecule has 1 aromatic heterocycles. The van der Waals surface area contributed by atoms with E-state index in [1.165, 1.54) is 18.9 Å². The molecule has 12 heteroatoms. The van der Waals surface area contributed by atoms with E-state index in [-0.39, 0.29) is 29.9 Å². The van der Waals surface area contributed by atoms with Gasteiger partial charge in [0.05, 0.1) is 11.7 Å². The summed E-state index contributed by atoms with van der Waals surface area (Å²) in [7, 11) is -3.78. The van der Waals surface area contributed by atoms with E-state index < -0.39 is 26.6 Å². The predicted octanol–water partition coefficient (Wildman–Crippen LogP) is 4.67. The standard InChI is InChI=1S/C30H37F3N4O4S/c1-17-13-18(2)35-27(34-17)36(4)24-9-10-29-25-14-21-7-8-22(41-42(38,39)30(31,32)33)15-23(21)28(29,26(24)19(3)40-29)11-12-37(25)16-20-5-6-20/h7-8,13,15,19-20,24-26H,5-6,9-12,14,16H2,1-4H3. The van der Waals surface area contributed by atoms with E-state index in [9.17, 15) is 21.6 Å². The highest BCUT2D eigenvalue weighted by molar-refractivity contribution is 7.88. The molecule has 3 heterocycles. The van der Waals surface area contributed by atoms with Crippen molar-refractivity contribution in [1.82, 2.24) is 14.9 Å². The maximum absolute atomic E-state index is 13.3. The van der Waals surface area contributed by atoms with E-state index in [0.717, 1.165) is 54.9 Å². The second-order valence-corrected chi connectivity index (χ2v) is 14.6. The molecule has 0 N–H and O–H groups in total. The number of alkyl halides is 3. The smallest absolute Gasteiger partial charge is 0.376 e. The summed E-state index contributed by atoms with van der Waals surface area (Å²) < 4.78 is 75.6. The Labute approximate surface area is 244 Å². The van der Waals surface area contributed by atoms with Crippen LogP contribution in [0.15, 0.2) is 24.3 Å². The molecule has 6 atom stereocenters. The highest BCUT2D eigenvalue weighted by Crippen LogP contribution is 2.68. The minimum Gasteiger partial charge on any atom is -0.376 e. The number of ether oxygens (including phenoxy) is 1. The fourth-order valence-corrected chi connectivity index (χ4v) is 9.52. The van der Waals surface area contributed by atoms with Gasteiger partial charge in [-0.25, -0.2) is 9.97 Å². The molecular weight excluding hydrogens is 569 g/mol. The van der Waals surface area contributed by atoms with Crippen molar-refractivity contribution in [3.8, 4) is 5.75 Å². The van der Waals surface area contributed by atoms with Gasteiger partial charge in [0.25, 0.3) is 0 Å². The quantitative estimate of drug-likeness (QED) is 0.347. The average Bonchev–Trinajstić information content (AvgIpc) is 3.69. The molecule has 5 aliphatic rings. The molecule has 2 aliphatic heterocycles. The van der Waals surface area contributed by atoms with Crippen LogP contribution in [-0.2, 0) is 26.7 Å². The summed E-state index contributed by atoms with van der Waals surface area (Å²) in [5, 5.41) is 0. The van der Waals surface area contributed by atoms with Crippen molar-refractivity contribution in [3.63, 3.8) is 0 Å². The number of rotatable bonds is 6. The summed E-state index contributed by atoms with van der Waals surface area (Å²) in [5.41, 5.74) is -2.90. The molecule has 4 bridgehead atoms. The van der Waals surface area contributed by atoms with E-state index in [4.69, 9.17) is 14.7 Å². The fraction of sp³-hybridized carbons (Fsp3) is 0.667. The molecule has 0 radical (unpaired) electrons. The van der Waals surface area contributed by atoms with Crippen LogP contribution in [0.5, 0.6) is 5.75 Å². The third-order valence-electron chi connectivity index (χ3n) is 10.7. The molecule has 7 rings (SSSR count). The van der Waals surface area contributed by atoms with Crippen LogP contribution >= 0.6 is 0 Å². The van der Waals surface area contributed by atoms with Crippen LogP contribution in [0.1, 0.15) is 61.5 Å². The first-order chi connectivity index (χ1) is 19.8. The fourth-order valence-electron chi connectivity index (χ4n) is 9.07. The lowest BCUT2D eigenvalue weighted by Gasteiger charge is -2.65. The average molecular weight is 607 g/mol. The Kier molecular flexibility index (Phi) is 6.26. The number of aryl methyl sites for hydroxylation is 2. The number of nitrogens with zero attached hydrogens (tertiary/aromatic N) is 4. The highest BCUT2D eigenvalue weighted by atomic mass is 32.2. The lowest BCUT2D eigenvalue weighted by molar-refractivity contribution is -0.157. The molecule has 228 valence electrons. The Morgan fingerprint density at radius 1 is 1.12 bits per heavy atom. The van der Waals surface area contributed by atoms with Gasteiger partial charge in [0.15, 0.2) is 0 Å². The molecular formula is C30H37F3N4O4S.